The SMILES string of the molecule is C[C@@H](c1ccccn1)N1CCC2CCCC(N2)C1=O. The van der Waals surface area contributed by atoms with Gasteiger partial charge in [0.25, 0.3) is 0 Å². The van der Waals surface area contributed by atoms with Crippen LogP contribution >= 0.6 is 0 Å². The second-order valence-electron chi connectivity index (χ2n) is 5.60. The molecule has 3 rings (SSSR count). The first kappa shape index (κ1) is 12.6. The van der Waals surface area contributed by atoms with Crippen LogP contribution in [0.15, 0.2) is 24.4 Å². The zero-order chi connectivity index (χ0) is 13.2. The van der Waals surface area contributed by atoms with E-state index in [9.17, 15) is 4.79 Å². The van der Waals surface area contributed by atoms with Crippen molar-refractivity contribution in [2.45, 2.75) is 50.7 Å². The number of hydrogen-bond donors (Lipinski definition) is 1. The fraction of sp³-hybridized carbons (Fsp3) is 0.600. The molecule has 2 unspecified atom stereocenters. The molecule has 19 heavy (non-hydrogen) atoms. The molecule has 0 radical (unpaired) electrons. The zero-order valence-corrected chi connectivity index (χ0v) is 11.4. The Morgan fingerprint density at radius 3 is 3.05 bits per heavy atom. The molecule has 1 amide bonds. The predicted molar refractivity (Wildman–Crippen MR) is 73.5 cm³/mol. The fourth-order valence-electron chi connectivity index (χ4n) is 3.21. The molecule has 4 nitrogen and oxygen atoms in total. The van der Waals surface area contributed by atoms with E-state index in [2.05, 4.69) is 17.2 Å². The summed E-state index contributed by atoms with van der Waals surface area (Å²) in [7, 11) is 0. The van der Waals surface area contributed by atoms with Crippen LogP contribution in [0, 0.1) is 0 Å². The molecule has 0 aromatic carbocycles. The molecule has 0 aliphatic carbocycles. The standard InChI is InChI=1S/C15H21N3O/c1-11(13-6-2-3-9-16-13)18-10-8-12-5-4-7-14(17-12)15(18)19/h2-3,6,9,11-12,14,17H,4-5,7-8,10H2,1H3/t11-,12?,14?/m0/s1. The van der Waals surface area contributed by atoms with Gasteiger partial charge in [-0.2, -0.15) is 0 Å². The van der Waals surface area contributed by atoms with Gasteiger partial charge in [-0.05, 0) is 44.7 Å². The van der Waals surface area contributed by atoms with Crippen molar-refractivity contribution < 1.29 is 4.79 Å². The predicted octanol–water partition coefficient (Wildman–Crippen LogP) is 1.89. The summed E-state index contributed by atoms with van der Waals surface area (Å²) in [5.41, 5.74) is 0.979. The molecule has 1 aromatic rings. The van der Waals surface area contributed by atoms with Gasteiger partial charge in [0.15, 0.2) is 0 Å². The maximum absolute atomic E-state index is 12.6. The first-order valence-electron chi connectivity index (χ1n) is 7.23. The van der Waals surface area contributed by atoms with Crippen molar-refractivity contribution in [1.29, 1.82) is 0 Å². The number of hydrogen-bond acceptors (Lipinski definition) is 3. The highest BCUT2D eigenvalue weighted by molar-refractivity contribution is 5.82. The van der Waals surface area contributed by atoms with Crippen molar-refractivity contribution >= 4 is 5.91 Å². The molecule has 1 aromatic heterocycles. The average molecular weight is 259 g/mol. The van der Waals surface area contributed by atoms with E-state index in [0.717, 1.165) is 25.1 Å². The number of carbonyl (C=O) groups is 1. The van der Waals surface area contributed by atoms with Gasteiger partial charge in [-0.25, -0.2) is 0 Å². The van der Waals surface area contributed by atoms with E-state index in [1.807, 2.05) is 23.1 Å². The number of amides is 1. The van der Waals surface area contributed by atoms with Gasteiger partial charge in [-0.15, -0.1) is 0 Å². The van der Waals surface area contributed by atoms with E-state index in [0.29, 0.717) is 6.04 Å². The summed E-state index contributed by atoms with van der Waals surface area (Å²) in [6.45, 7) is 2.92. The maximum Gasteiger partial charge on any atom is 0.240 e. The Balaban J connectivity index is 1.81. The maximum atomic E-state index is 12.6. The lowest BCUT2D eigenvalue weighted by Gasteiger charge is -2.30. The second kappa shape index (κ2) is 5.29. The van der Waals surface area contributed by atoms with Crippen LogP contribution in [0.2, 0.25) is 0 Å². The normalized spacial score (nSPS) is 28.9. The third-order valence-corrected chi connectivity index (χ3v) is 4.37. The van der Waals surface area contributed by atoms with E-state index in [4.69, 9.17) is 0 Å². The number of pyridine rings is 1. The summed E-state index contributed by atoms with van der Waals surface area (Å²) < 4.78 is 0. The molecule has 3 heterocycles. The van der Waals surface area contributed by atoms with Gasteiger partial charge in [0, 0.05) is 18.8 Å². The number of piperidine rings is 1. The highest BCUT2D eigenvalue weighted by Crippen LogP contribution is 2.26. The minimum Gasteiger partial charge on any atom is -0.333 e. The molecule has 2 saturated heterocycles. The molecule has 2 aliphatic heterocycles. The van der Waals surface area contributed by atoms with E-state index in [-0.39, 0.29) is 18.0 Å². The van der Waals surface area contributed by atoms with Crippen LogP contribution in [-0.2, 0) is 4.79 Å². The van der Waals surface area contributed by atoms with E-state index < -0.39 is 0 Å². The molecule has 0 saturated carbocycles. The third-order valence-electron chi connectivity index (χ3n) is 4.37. The van der Waals surface area contributed by atoms with Gasteiger partial charge in [-0.1, -0.05) is 6.07 Å². The van der Waals surface area contributed by atoms with Gasteiger partial charge in [-0.3, -0.25) is 9.78 Å². The smallest absolute Gasteiger partial charge is 0.240 e. The third kappa shape index (κ3) is 2.50. The van der Waals surface area contributed by atoms with Gasteiger partial charge in [0.1, 0.15) is 0 Å². The van der Waals surface area contributed by atoms with Gasteiger partial charge in [0.05, 0.1) is 17.8 Å². The number of nitrogens with one attached hydrogen (secondary N) is 1. The Morgan fingerprint density at radius 1 is 1.37 bits per heavy atom. The Bertz CT molecular complexity index is 448. The van der Waals surface area contributed by atoms with Crippen molar-refractivity contribution in [3.05, 3.63) is 30.1 Å². The summed E-state index contributed by atoms with van der Waals surface area (Å²) in [6.07, 6.45) is 6.19. The summed E-state index contributed by atoms with van der Waals surface area (Å²) in [6, 6.07) is 6.50. The zero-order valence-electron chi connectivity index (χ0n) is 11.4. The largest absolute Gasteiger partial charge is 0.333 e. The van der Waals surface area contributed by atoms with Crippen LogP contribution in [0.5, 0.6) is 0 Å². The van der Waals surface area contributed by atoms with Crippen LogP contribution in [0.4, 0.5) is 0 Å². The van der Waals surface area contributed by atoms with Gasteiger partial charge >= 0.3 is 0 Å². The quantitative estimate of drug-likeness (QED) is 0.882. The number of carbonyl (C=O) groups excluding carboxylic acids is 1. The van der Waals surface area contributed by atoms with Crippen molar-refractivity contribution in [3.63, 3.8) is 0 Å². The number of nitrogens with zero attached hydrogens (tertiary/aromatic N) is 2. The Hall–Kier alpha value is -1.42. The molecule has 2 aliphatic rings. The highest BCUT2D eigenvalue weighted by Gasteiger charge is 2.35. The van der Waals surface area contributed by atoms with E-state index >= 15 is 0 Å². The number of rotatable bonds is 2. The van der Waals surface area contributed by atoms with Gasteiger partial charge in [0.2, 0.25) is 5.91 Å². The highest BCUT2D eigenvalue weighted by atomic mass is 16.2. The molecule has 1 N–H and O–H groups in total. The van der Waals surface area contributed by atoms with Crippen LogP contribution in [0.1, 0.15) is 44.3 Å². The molecule has 3 atom stereocenters. The summed E-state index contributed by atoms with van der Waals surface area (Å²) in [5.74, 6) is 0.250. The average Bonchev–Trinajstić information content (AvgIpc) is 2.57. The van der Waals surface area contributed by atoms with Crippen molar-refractivity contribution in [2.75, 3.05) is 6.54 Å². The first-order chi connectivity index (χ1) is 9.25. The monoisotopic (exact) mass is 259 g/mol. The van der Waals surface area contributed by atoms with Crippen LogP contribution < -0.4 is 5.32 Å². The molecule has 2 fully saturated rings. The lowest BCUT2D eigenvalue weighted by molar-refractivity contribution is -0.135. The van der Waals surface area contributed by atoms with Crippen LogP contribution in [0.3, 0.4) is 0 Å². The van der Waals surface area contributed by atoms with Crippen molar-refractivity contribution in [2.24, 2.45) is 0 Å². The molecule has 4 heteroatoms. The molecular weight excluding hydrogens is 238 g/mol. The Morgan fingerprint density at radius 2 is 2.26 bits per heavy atom. The van der Waals surface area contributed by atoms with E-state index in [1.54, 1.807) is 6.20 Å². The van der Waals surface area contributed by atoms with Gasteiger partial charge < -0.3 is 10.2 Å². The summed E-state index contributed by atoms with van der Waals surface area (Å²) in [4.78, 5) is 19.0. The fourth-order valence-corrected chi connectivity index (χ4v) is 3.21. The van der Waals surface area contributed by atoms with E-state index in [1.165, 1.54) is 12.8 Å². The molecule has 102 valence electrons. The van der Waals surface area contributed by atoms with Crippen LogP contribution in [-0.4, -0.2) is 34.4 Å². The Labute approximate surface area is 114 Å². The van der Waals surface area contributed by atoms with Crippen molar-refractivity contribution in [3.8, 4) is 0 Å². The lowest BCUT2D eigenvalue weighted by atomic mass is 9.98. The minimum absolute atomic E-state index is 0.0208. The summed E-state index contributed by atoms with van der Waals surface area (Å²) in [5, 5.41) is 3.49. The molecule has 2 bridgehead atoms. The lowest BCUT2D eigenvalue weighted by Crippen LogP contribution is -2.48. The van der Waals surface area contributed by atoms with Crippen molar-refractivity contribution in [1.82, 2.24) is 15.2 Å². The number of fused-ring (bicyclic) bond motifs is 2. The van der Waals surface area contributed by atoms with Crippen LogP contribution in [0.25, 0.3) is 0 Å². The summed E-state index contributed by atoms with van der Waals surface area (Å²) >= 11 is 0. The number of aromatic nitrogens is 1. The second-order valence-corrected chi connectivity index (χ2v) is 5.60. The molecular formula is C15H21N3O. The first-order valence-corrected chi connectivity index (χ1v) is 7.23. The topological polar surface area (TPSA) is 45.2 Å². The molecule has 0 spiro atoms. The minimum atomic E-state index is 0.0208. The Kier molecular flexibility index (Phi) is 3.51.